The highest BCUT2D eigenvalue weighted by Crippen LogP contribution is 2.20. The highest BCUT2D eigenvalue weighted by Gasteiger charge is 2.07. The standard InChI is InChI=1S/C12H13N5/c1-16(2)8-17-14-11-6-5-10-9(12(11)15-17)4-3-7-13-10/h3-7H,8H2,1-2H3. The van der Waals surface area contributed by atoms with Gasteiger partial charge >= 0.3 is 0 Å². The van der Waals surface area contributed by atoms with Crippen LogP contribution in [-0.4, -0.2) is 39.0 Å². The van der Waals surface area contributed by atoms with Crippen LogP contribution in [0.2, 0.25) is 0 Å². The van der Waals surface area contributed by atoms with Gasteiger partial charge in [-0.3, -0.25) is 9.88 Å². The lowest BCUT2D eigenvalue weighted by Crippen LogP contribution is -2.18. The van der Waals surface area contributed by atoms with Crippen molar-refractivity contribution in [3.8, 4) is 0 Å². The Balaban J connectivity index is 2.24. The third kappa shape index (κ3) is 1.74. The smallest absolute Gasteiger partial charge is 0.122 e. The lowest BCUT2D eigenvalue weighted by Gasteiger charge is -2.06. The number of nitrogens with zero attached hydrogens (tertiary/aromatic N) is 5. The molecule has 3 rings (SSSR count). The van der Waals surface area contributed by atoms with Gasteiger partial charge in [-0.05, 0) is 38.4 Å². The summed E-state index contributed by atoms with van der Waals surface area (Å²) in [7, 11) is 3.99. The van der Waals surface area contributed by atoms with Crippen LogP contribution in [-0.2, 0) is 6.67 Å². The number of benzene rings is 1. The van der Waals surface area contributed by atoms with Crippen molar-refractivity contribution in [1.82, 2.24) is 24.9 Å². The van der Waals surface area contributed by atoms with Crippen LogP contribution in [0.25, 0.3) is 21.9 Å². The summed E-state index contributed by atoms with van der Waals surface area (Å²) in [6.07, 6.45) is 1.79. The fraction of sp³-hybridized carbons (Fsp3) is 0.250. The van der Waals surface area contributed by atoms with E-state index in [2.05, 4.69) is 15.2 Å². The van der Waals surface area contributed by atoms with Crippen molar-refractivity contribution < 1.29 is 0 Å². The summed E-state index contributed by atoms with van der Waals surface area (Å²) in [6.45, 7) is 0.677. The molecule has 0 fully saturated rings. The quantitative estimate of drug-likeness (QED) is 0.665. The first-order chi connectivity index (χ1) is 8.24. The van der Waals surface area contributed by atoms with Gasteiger partial charge in [0.15, 0.2) is 0 Å². The van der Waals surface area contributed by atoms with Crippen molar-refractivity contribution >= 4 is 21.9 Å². The van der Waals surface area contributed by atoms with E-state index in [1.165, 1.54) is 0 Å². The predicted octanol–water partition coefficient (Wildman–Crippen LogP) is 1.50. The van der Waals surface area contributed by atoms with Crippen LogP contribution < -0.4 is 0 Å². The Labute approximate surface area is 98.7 Å². The second-order valence-electron chi connectivity index (χ2n) is 4.30. The third-order valence-corrected chi connectivity index (χ3v) is 2.58. The van der Waals surface area contributed by atoms with Crippen molar-refractivity contribution in [3.05, 3.63) is 30.5 Å². The molecule has 5 nitrogen and oxygen atoms in total. The van der Waals surface area contributed by atoms with Gasteiger partial charge in [0.1, 0.15) is 17.7 Å². The molecule has 0 unspecified atom stereocenters. The summed E-state index contributed by atoms with van der Waals surface area (Å²) in [4.78, 5) is 8.05. The van der Waals surface area contributed by atoms with Gasteiger partial charge in [0.05, 0.1) is 5.52 Å². The SMILES string of the molecule is CN(C)Cn1nc2ccc3ncccc3c2n1. The van der Waals surface area contributed by atoms with Crippen molar-refractivity contribution in [2.75, 3.05) is 14.1 Å². The lowest BCUT2D eigenvalue weighted by atomic mass is 10.2. The van der Waals surface area contributed by atoms with Crippen LogP contribution in [0.15, 0.2) is 30.5 Å². The summed E-state index contributed by atoms with van der Waals surface area (Å²) >= 11 is 0. The minimum Gasteiger partial charge on any atom is -0.289 e. The Hall–Kier alpha value is -2.01. The predicted molar refractivity (Wildman–Crippen MR) is 66.5 cm³/mol. The molecule has 0 atom stereocenters. The minimum absolute atomic E-state index is 0.677. The van der Waals surface area contributed by atoms with Gasteiger partial charge in [-0.15, -0.1) is 0 Å². The van der Waals surface area contributed by atoms with E-state index in [0.717, 1.165) is 21.9 Å². The molecule has 0 aliphatic carbocycles. The summed E-state index contributed by atoms with van der Waals surface area (Å²) in [5.41, 5.74) is 2.78. The van der Waals surface area contributed by atoms with Crippen LogP contribution >= 0.6 is 0 Å². The molecule has 0 aliphatic rings. The van der Waals surface area contributed by atoms with E-state index in [1.54, 1.807) is 11.0 Å². The van der Waals surface area contributed by atoms with Crippen LogP contribution in [0, 0.1) is 0 Å². The van der Waals surface area contributed by atoms with Gasteiger partial charge < -0.3 is 0 Å². The molecule has 0 amide bonds. The van der Waals surface area contributed by atoms with Gasteiger partial charge in [-0.2, -0.15) is 15.0 Å². The summed E-state index contributed by atoms with van der Waals surface area (Å²) in [5.74, 6) is 0. The third-order valence-electron chi connectivity index (χ3n) is 2.58. The van der Waals surface area contributed by atoms with Crippen LogP contribution in [0.1, 0.15) is 0 Å². The van der Waals surface area contributed by atoms with Crippen LogP contribution in [0.5, 0.6) is 0 Å². The molecular weight excluding hydrogens is 214 g/mol. The molecule has 0 saturated heterocycles. The molecule has 17 heavy (non-hydrogen) atoms. The molecule has 2 heterocycles. The Morgan fingerprint density at radius 1 is 1.12 bits per heavy atom. The first-order valence-corrected chi connectivity index (χ1v) is 5.47. The molecule has 0 bridgehead atoms. The molecular formula is C12H13N5. The largest absolute Gasteiger partial charge is 0.289 e. The van der Waals surface area contributed by atoms with Crippen molar-refractivity contribution in [2.24, 2.45) is 0 Å². The maximum Gasteiger partial charge on any atom is 0.122 e. The van der Waals surface area contributed by atoms with Gasteiger partial charge in [0.25, 0.3) is 0 Å². The molecule has 5 heteroatoms. The van der Waals surface area contributed by atoms with E-state index in [0.29, 0.717) is 6.67 Å². The van der Waals surface area contributed by atoms with Crippen molar-refractivity contribution in [1.29, 1.82) is 0 Å². The Kier molecular flexibility index (Phi) is 2.26. The van der Waals surface area contributed by atoms with E-state index in [1.807, 2.05) is 43.3 Å². The van der Waals surface area contributed by atoms with Gasteiger partial charge in [0.2, 0.25) is 0 Å². The number of hydrogen-bond acceptors (Lipinski definition) is 4. The zero-order valence-corrected chi connectivity index (χ0v) is 9.83. The van der Waals surface area contributed by atoms with Crippen LogP contribution in [0.3, 0.4) is 0 Å². The topological polar surface area (TPSA) is 46.8 Å². The van der Waals surface area contributed by atoms with Gasteiger partial charge in [-0.25, -0.2) is 0 Å². The highest BCUT2D eigenvalue weighted by atomic mass is 15.5. The first-order valence-electron chi connectivity index (χ1n) is 5.47. The van der Waals surface area contributed by atoms with Crippen LogP contribution in [0.4, 0.5) is 0 Å². The molecule has 0 N–H and O–H groups in total. The zero-order valence-electron chi connectivity index (χ0n) is 9.83. The number of rotatable bonds is 2. The second kappa shape index (κ2) is 3.78. The summed E-state index contributed by atoms with van der Waals surface area (Å²) in [5, 5.41) is 9.99. The number of pyridine rings is 1. The summed E-state index contributed by atoms with van der Waals surface area (Å²) in [6, 6.07) is 7.89. The maximum atomic E-state index is 4.50. The zero-order chi connectivity index (χ0) is 11.8. The Morgan fingerprint density at radius 2 is 1.94 bits per heavy atom. The molecule has 3 aromatic rings. The minimum atomic E-state index is 0.677. The Morgan fingerprint density at radius 3 is 2.76 bits per heavy atom. The molecule has 0 radical (unpaired) electrons. The molecule has 0 saturated carbocycles. The average molecular weight is 227 g/mol. The number of hydrogen-bond donors (Lipinski definition) is 0. The van der Waals surface area contributed by atoms with Gasteiger partial charge in [-0.1, -0.05) is 0 Å². The van der Waals surface area contributed by atoms with Gasteiger partial charge in [0, 0.05) is 11.6 Å². The monoisotopic (exact) mass is 227 g/mol. The molecule has 1 aromatic carbocycles. The van der Waals surface area contributed by atoms with E-state index in [-0.39, 0.29) is 0 Å². The average Bonchev–Trinajstić information content (AvgIpc) is 2.70. The highest BCUT2D eigenvalue weighted by molar-refractivity contribution is 6.01. The molecule has 0 aliphatic heterocycles. The van der Waals surface area contributed by atoms with E-state index in [4.69, 9.17) is 0 Å². The van der Waals surface area contributed by atoms with E-state index in [9.17, 15) is 0 Å². The number of aromatic nitrogens is 4. The fourth-order valence-electron chi connectivity index (χ4n) is 1.89. The van der Waals surface area contributed by atoms with E-state index < -0.39 is 0 Å². The van der Waals surface area contributed by atoms with Crippen molar-refractivity contribution in [3.63, 3.8) is 0 Å². The van der Waals surface area contributed by atoms with E-state index >= 15 is 0 Å². The lowest BCUT2D eigenvalue weighted by molar-refractivity contribution is 0.286. The molecule has 0 spiro atoms. The molecule has 86 valence electrons. The number of fused-ring (bicyclic) bond motifs is 3. The Bertz CT molecular complexity index is 671. The second-order valence-corrected chi connectivity index (χ2v) is 4.30. The summed E-state index contributed by atoms with van der Waals surface area (Å²) < 4.78 is 0. The maximum absolute atomic E-state index is 4.50. The first kappa shape index (κ1) is 10.2. The molecule has 2 aromatic heterocycles. The fourth-order valence-corrected chi connectivity index (χ4v) is 1.89. The normalized spacial score (nSPS) is 11.7. The van der Waals surface area contributed by atoms with Crippen molar-refractivity contribution in [2.45, 2.75) is 6.67 Å².